The number of carbonyl (C=O) groups is 1. The van der Waals surface area contributed by atoms with E-state index in [4.69, 9.17) is 5.11 Å². The van der Waals surface area contributed by atoms with Crippen molar-refractivity contribution in [2.24, 2.45) is 5.41 Å². The molecule has 4 heteroatoms. The van der Waals surface area contributed by atoms with Crippen LogP contribution in [0.25, 0.3) is 0 Å². The number of nitrogens with zero attached hydrogens (tertiary/aromatic N) is 1. The van der Waals surface area contributed by atoms with Gasteiger partial charge in [-0.2, -0.15) is 0 Å². The minimum Gasteiger partial charge on any atom is -0.394 e. The largest absolute Gasteiger partial charge is 0.394 e. The zero-order chi connectivity index (χ0) is 11.1. The molecule has 2 rings (SSSR count). The molecule has 0 aromatic rings. The van der Waals surface area contributed by atoms with Crippen molar-refractivity contribution in [3.63, 3.8) is 0 Å². The molecule has 1 saturated heterocycles. The van der Waals surface area contributed by atoms with Gasteiger partial charge in [-0.15, -0.1) is 0 Å². The van der Waals surface area contributed by atoms with Crippen LogP contribution in [0.2, 0.25) is 0 Å². The van der Waals surface area contributed by atoms with Gasteiger partial charge in [-0.05, 0) is 18.3 Å². The summed E-state index contributed by atoms with van der Waals surface area (Å²) in [6, 6.07) is 0.0399. The van der Waals surface area contributed by atoms with E-state index in [9.17, 15) is 4.79 Å². The highest BCUT2D eigenvalue weighted by molar-refractivity contribution is 5.83. The van der Waals surface area contributed by atoms with Crippen LogP contribution in [0, 0.1) is 5.41 Å². The molecule has 0 aromatic heterocycles. The number of aliphatic hydroxyl groups excluding tert-OH is 1. The number of aliphatic hydroxyl groups is 1. The maximum atomic E-state index is 12.0. The van der Waals surface area contributed by atoms with E-state index in [-0.39, 0.29) is 17.9 Å². The van der Waals surface area contributed by atoms with Crippen LogP contribution in [-0.2, 0) is 4.79 Å². The minimum absolute atomic E-state index is 0.0746. The summed E-state index contributed by atoms with van der Waals surface area (Å²) in [5, 5.41) is 12.3. The quantitative estimate of drug-likeness (QED) is 0.676. The first-order valence-corrected chi connectivity index (χ1v) is 5.68. The normalized spacial score (nSPS) is 31.5. The van der Waals surface area contributed by atoms with E-state index < -0.39 is 6.04 Å². The van der Waals surface area contributed by atoms with Gasteiger partial charge in [0.05, 0.1) is 6.61 Å². The van der Waals surface area contributed by atoms with Crippen molar-refractivity contribution in [3.8, 4) is 0 Å². The van der Waals surface area contributed by atoms with Crippen LogP contribution in [0.5, 0.6) is 0 Å². The number of nitrogens with one attached hydrogen (secondary N) is 1. The first kappa shape index (κ1) is 10.9. The summed E-state index contributed by atoms with van der Waals surface area (Å²) in [7, 11) is 0. The molecule has 2 fully saturated rings. The van der Waals surface area contributed by atoms with Crippen molar-refractivity contribution in [3.05, 3.63) is 0 Å². The Hall–Kier alpha value is -0.610. The van der Waals surface area contributed by atoms with Crippen LogP contribution in [-0.4, -0.2) is 47.7 Å². The molecule has 4 nitrogen and oxygen atoms in total. The zero-order valence-electron chi connectivity index (χ0n) is 9.49. The molecule has 0 radical (unpaired) electrons. The van der Waals surface area contributed by atoms with E-state index in [2.05, 4.69) is 19.2 Å². The average molecular weight is 212 g/mol. The summed E-state index contributed by atoms with van der Waals surface area (Å²) in [5.74, 6) is 0.0746. The standard InChI is InChI=1S/C11H20N2O2/c1-11(2)6-12-9(5-14)10(15)13(7-11)8-3-4-8/h8-9,12,14H,3-7H2,1-2H3. The lowest BCUT2D eigenvalue weighted by Gasteiger charge is -2.29. The van der Waals surface area contributed by atoms with Crippen LogP contribution in [0.15, 0.2) is 0 Å². The number of carbonyl (C=O) groups excluding carboxylic acids is 1. The lowest BCUT2D eigenvalue weighted by molar-refractivity contribution is -0.134. The van der Waals surface area contributed by atoms with Gasteiger partial charge < -0.3 is 15.3 Å². The van der Waals surface area contributed by atoms with Crippen LogP contribution in [0.1, 0.15) is 26.7 Å². The second-order valence-corrected chi connectivity index (χ2v) is 5.48. The van der Waals surface area contributed by atoms with Crippen molar-refractivity contribution in [1.82, 2.24) is 10.2 Å². The third-order valence-electron chi connectivity index (χ3n) is 3.18. The summed E-state index contributed by atoms with van der Waals surface area (Å²) in [5.41, 5.74) is 0.0994. The maximum absolute atomic E-state index is 12.0. The Morgan fingerprint density at radius 3 is 2.73 bits per heavy atom. The first-order valence-electron chi connectivity index (χ1n) is 5.68. The molecule has 2 N–H and O–H groups in total. The fraction of sp³-hybridized carbons (Fsp3) is 0.909. The van der Waals surface area contributed by atoms with Crippen LogP contribution in [0.3, 0.4) is 0 Å². The molecule has 2 aliphatic rings. The Balaban J connectivity index is 2.14. The SMILES string of the molecule is CC1(C)CNC(CO)C(=O)N(C2CC2)C1. The first-order chi connectivity index (χ1) is 7.03. The fourth-order valence-corrected chi connectivity index (χ4v) is 2.12. The smallest absolute Gasteiger partial charge is 0.242 e. The Bertz CT molecular complexity index is 261. The maximum Gasteiger partial charge on any atom is 0.242 e. The summed E-state index contributed by atoms with van der Waals surface area (Å²) in [4.78, 5) is 14.0. The van der Waals surface area contributed by atoms with Gasteiger partial charge in [-0.3, -0.25) is 4.79 Å². The lowest BCUT2D eigenvalue weighted by Crippen LogP contribution is -2.46. The van der Waals surface area contributed by atoms with Gasteiger partial charge in [0.2, 0.25) is 5.91 Å². The van der Waals surface area contributed by atoms with Crippen molar-refractivity contribution in [2.45, 2.75) is 38.8 Å². The molecular formula is C11H20N2O2. The molecule has 1 atom stereocenters. The van der Waals surface area contributed by atoms with E-state index >= 15 is 0 Å². The van der Waals surface area contributed by atoms with Gasteiger partial charge >= 0.3 is 0 Å². The van der Waals surface area contributed by atoms with Gasteiger partial charge in [-0.1, -0.05) is 13.8 Å². The minimum atomic E-state index is -0.396. The molecule has 0 spiro atoms. The lowest BCUT2D eigenvalue weighted by atomic mass is 9.93. The highest BCUT2D eigenvalue weighted by atomic mass is 16.3. The van der Waals surface area contributed by atoms with E-state index in [1.165, 1.54) is 0 Å². The van der Waals surface area contributed by atoms with E-state index in [0.717, 1.165) is 25.9 Å². The second kappa shape index (κ2) is 3.76. The van der Waals surface area contributed by atoms with Crippen LogP contribution < -0.4 is 5.32 Å². The number of amides is 1. The van der Waals surface area contributed by atoms with Crippen molar-refractivity contribution in [2.75, 3.05) is 19.7 Å². The monoisotopic (exact) mass is 212 g/mol. The molecular weight excluding hydrogens is 192 g/mol. The number of hydrogen-bond acceptors (Lipinski definition) is 3. The third-order valence-corrected chi connectivity index (χ3v) is 3.18. The fourth-order valence-electron chi connectivity index (χ4n) is 2.12. The second-order valence-electron chi connectivity index (χ2n) is 5.48. The molecule has 1 heterocycles. The van der Waals surface area contributed by atoms with Crippen molar-refractivity contribution in [1.29, 1.82) is 0 Å². The molecule has 1 aliphatic carbocycles. The number of hydrogen-bond donors (Lipinski definition) is 2. The van der Waals surface area contributed by atoms with E-state index in [1.54, 1.807) is 0 Å². The Morgan fingerprint density at radius 2 is 2.20 bits per heavy atom. The Kier molecular flexibility index (Phi) is 2.73. The van der Waals surface area contributed by atoms with Crippen LogP contribution in [0.4, 0.5) is 0 Å². The molecule has 1 saturated carbocycles. The van der Waals surface area contributed by atoms with Crippen molar-refractivity contribution < 1.29 is 9.90 Å². The van der Waals surface area contributed by atoms with E-state index in [1.807, 2.05) is 4.90 Å². The van der Waals surface area contributed by atoms with Gasteiger partial charge in [0.25, 0.3) is 0 Å². The van der Waals surface area contributed by atoms with Gasteiger partial charge in [0.1, 0.15) is 6.04 Å². The van der Waals surface area contributed by atoms with E-state index in [0.29, 0.717) is 6.04 Å². The summed E-state index contributed by atoms with van der Waals surface area (Å²) < 4.78 is 0. The summed E-state index contributed by atoms with van der Waals surface area (Å²) >= 11 is 0. The molecule has 0 aromatic carbocycles. The predicted octanol–water partition coefficient (Wildman–Crippen LogP) is -0.0323. The Morgan fingerprint density at radius 1 is 1.53 bits per heavy atom. The molecule has 1 aliphatic heterocycles. The van der Waals surface area contributed by atoms with Gasteiger partial charge in [0.15, 0.2) is 0 Å². The Labute approximate surface area is 90.6 Å². The van der Waals surface area contributed by atoms with Crippen molar-refractivity contribution >= 4 is 5.91 Å². The van der Waals surface area contributed by atoms with Crippen LogP contribution >= 0.6 is 0 Å². The predicted molar refractivity (Wildman–Crippen MR) is 57.4 cm³/mol. The topological polar surface area (TPSA) is 52.6 Å². The molecule has 0 bridgehead atoms. The molecule has 86 valence electrons. The van der Waals surface area contributed by atoms with Gasteiger partial charge in [-0.25, -0.2) is 0 Å². The third kappa shape index (κ3) is 2.32. The molecule has 1 unspecified atom stereocenters. The molecule has 1 amide bonds. The zero-order valence-corrected chi connectivity index (χ0v) is 9.49. The number of rotatable bonds is 2. The van der Waals surface area contributed by atoms with Gasteiger partial charge in [0, 0.05) is 19.1 Å². The summed E-state index contributed by atoms with van der Waals surface area (Å²) in [6.45, 7) is 5.80. The molecule has 15 heavy (non-hydrogen) atoms. The highest BCUT2D eigenvalue weighted by Crippen LogP contribution is 2.31. The highest BCUT2D eigenvalue weighted by Gasteiger charge is 2.41. The average Bonchev–Trinajstić information content (AvgIpc) is 2.97. The summed E-state index contributed by atoms with van der Waals surface area (Å²) in [6.07, 6.45) is 2.25.